The zero-order valence-electron chi connectivity index (χ0n) is 44.1. The molecule has 0 aromatic carbocycles. The standard InChI is InChI=1S/C57H104NO8P/c1-6-8-10-12-14-16-17-18-19-20-21-22-23-24-25-26-27-28-29-30-31-32-33-34-35-36-37-38-39-40-41-42-44-46-48-50-57(60)66-55(54-65-67(61,62)64-52-51-58(3,4)5)53-63-56(59)49-47-45-43-15-13-11-9-7-2/h8,10,14,16,18-19,21-22,24-25,55H,6-7,9,11-13,15,17,20,23,26-54H2,1-5H3/b10-8-,16-14-,19-18-,22-21-,25-24-. The minimum Gasteiger partial charge on any atom is -0.756 e. The van der Waals surface area contributed by atoms with Gasteiger partial charge in [-0.05, 0) is 57.8 Å². The third-order valence-corrected chi connectivity index (χ3v) is 12.8. The van der Waals surface area contributed by atoms with Crippen molar-refractivity contribution in [3.05, 3.63) is 60.8 Å². The van der Waals surface area contributed by atoms with E-state index in [2.05, 4.69) is 74.6 Å². The lowest BCUT2D eigenvalue weighted by Gasteiger charge is -2.28. The van der Waals surface area contributed by atoms with Crippen LogP contribution in [0, 0.1) is 0 Å². The van der Waals surface area contributed by atoms with Crippen molar-refractivity contribution in [1.82, 2.24) is 0 Å². The van der Waals surface area contributed by atoms with Crippen LogP contribution in [0.15, 0.2) is 60.8 Å². The van der Waals surface area contributed by atoms with Crippen molar-refractivity contribution >= 4 is 19.8 Å². The van der Waals surface area contributed by atoms with E-state index in [1.54, 1.807) is 0 Å². The van der Waals surface area contributed by atoms with Crippen molar-refractivity contribution in [1.29, 1.82) is 0 Å². The van der Waals surface area contributed by atoms with E-state index in [9.17, 15) is 19.0 Å². The highest BCUT2D eigenvalue weighted by Crippen LogP contribution is 2.38. The van der Waals surface area contributed by atoms with Crippen LogP contribution < -0.4 is 4.89 Å². The minimum absolute atomic E-state index is 0.0296. The molecule has 0 aliphatic carbocycles. The molecule has 10 heteroatoms. The lowest BCUT2D eigenvalue weighted by molar-refractivity contribution is -0.870. The summed E-state index contributed by atoms with van der Waals surface area (Å²) in [5.74, 6) is -0.831. The second kappa shape index (κ2) is 48.7. The lowest BCUT2D eigenvalue weighted by atomic mass is 10.0. The molecule has 9 nitrogen and oxygen atoms in total. The fourth-order valence-electron chi connectivity index (χ4n) is 7.57. The van der Waals surface area contributed by atoms with Gasteiger partial charge in [-0.2, -0.15) is 0 Å². The summed E-state index contributed by atoms with van der Waals surface area (Å²) in [6.07, 6.45) is 61.6. The van der Waals surface area contributed by atoms with E-state index in [1.807, 2.05) is 21.1 Å². The van der Waals surface area contributed by atoms with Gasteiger partial charge in [0.05, 0.1) is 27.7 Å². The van der Waals surface area contributed by atoms with Crippen LogP contribution in [0.5, 0.6) is 0 Å². The first-order valence-corrected chi connectivity index (χ1v) is 29.0. The van der Waals surface area contributed by atoms with Gasteiger partial charge in [0, 0.05) is 12.8 Å². The molecule has 0 saturated carbocycles. The summed E-state index contributed by atoms with van der Waals surface area (Å²) in [4.78, 5) is 37.5. The summed E-state index contributed by atoms with van der Waals surface area (Å²) in [7, 11) is 1.17. The van der Waals surface area contributed by atoms with Crippen LogP contribution in [0.2, 0.25) is 0 Å². The van der Waals surface area contributed by atoms with Crippen molar-refractivity contribution in [2.24, 2.45) is 0 Å². The Morgan fingerprint density at radius 2 is 0.851 bits per heavy atom. The normalized spacial score (nSPS) is 13.8. The van der Waals surface area contributed by atoms with Gasteiger partial charge in [0.2, 0.25) is 0 Å². The number of likely N-dealkylation sites (N-methyl/N-ethyl adjacent to an activating group) is 1. The van der Waals surface area contributed by atoms with Gasteiger partial charge in [-0.25, -0.2) is 0 Å². The molecule has 0 aromatic heterocycles. The maximum absolute atomic E-state index is 12.7. The van der Waals surface area contributed by atoms with Crippen LogP contribution in [0.4, 0.5) is 0 Å². The SMILES string of the molecule is CC/C=C\C/C=C\C/C=C\C/C=C\C/C=C\CCCCCCCCCCCCCCCCCCCCCC(=O)OC(COC(=O)CCCCCCCCCC)COP(=O)([O-])OCC[N+](C)(C)C. The van der Waals surface area contributed by atoms with Crippen LogP contribution >= 0.6 is 7.82 Å². The van der Waals surface area contributed by atoms with Crippen LogP contribution in [-0.4, -0.2) is 70.0 Å². The molecule has 0 heterocycles. The highest BCUT2D eigenvalue weighted by Gasteiger charge is 2.21. The average Bonchev–Trinajstić information content (AvgIpc) is 3.29. The Morgan fingerprint density at radius 1 is 0.478 bits per heavy atom. The number of carbonyl (C=O) groups excluding carboxylic acids is 2. The molecule has 0 bridgehead atoms. The molecule has 0 radical (unpaired) electrons. The number of nitrogens with zero attached hydrogens (tertiary/aromatic N) is 1. The number of ether oxygens (including phenoxy) is 2. The van der Waals surface area contributed by atoms with Gasteiger partial charge >= 0.3 is 11.9 Å². The molecule has 0 amide bonds. The molecular formula is C57H104NO8P. The molecule has 2 atom stereocenters. The molecule has 0 aromatic rings. The maximum Gasteiger partial charge on any atom is 0.306 e. The topological polar surface area (TPSA) is 111 Å². The van der Waals surface area contributed by atoms with E-state index in [1.165, 1.54) is 135 Å². The minimum atomic E-state index is -4.62. The molecule has 0 aliphatic heterocycles. The fourth-order valence-corrected chi connectivity index (χ4v) is 8.29. The summed E-state index contributed by atoms with van der Waals surface area (Å²) in [6, 6.07) is 0. The molecular weight excluding hydrogens is 858 g/mol. The Bertz CT molecular complexity index is 1320. The number of hydrogen-bond acceptors (Lipinski definition) is 8. The number of esters is 2. The van der Waals surface area contributed by atoms with Crippen molar-refractivity contribution in [3.63, 3.8) is 0 Å². The van der Waals surface area contributed by atoms with E-state index < -0.39 is 26.5 Å². The van der Waals surface area contributed by atoms with Gasteiger partial charge in [0.25, 0.3) is 7.82 Å². The predicted molar refractivity (Wildman–Crippen MR) is 282 cm³/mol. The molecule has 0 fully saturated rings. The van der Waals surface area contributed by atoms with Crippen molar-refractivity contribution < 1.29 is 42.1 Å². The first-order chi connectivity index (χ1) is 32.5. The zero-order valence-corrected chi connectivity index (χ0v) is 45.0. The number of allylic oxidation sites excluding steroid dienone is 10. The number of phosphoric ester groups is 1. The quantitative estimate of drug-likeness (QED) is 0.0195. The predicted octanol–water partition coefficient (Wildman–Crippen LogP) is 16.1. The van der Waals surface area contributed by atoms with E-state index in [4.69, 9.17) is 18.5 Å². The second-order valence-electron chi connectivity index (χ2n) is 19.6. The Hall–Kier alpha value is -2.29. The van der Waals surface area contributed by atoms with E-state index in [0.29, 0.717) is 17.4 Å². The Labute approximate surface area is 413 Å². The largest absolute Gasteiger partial charge is 0.756 e. The average molecular weight is 962 g/mol. The molecule has 67 heavy (non-hydrogen) atoms. The van der Waals surface area contributed by atoms with Crippen molar-refractivity contribution in [2.75, 3.05) is 47.5 Å². The number of phosphoric acid groups is 1. The van der Waals surface area contributed by atoms with Gasteiger partial charge in [-0.1, -0.05) is 229 Å². The van der Waals surface area contributed by atoms with Gasteiger partial charge < -0.3 is 27.9 Å². The molecule has 0 saturated heterocycles. The van der Waals surface area contributed by atoms with Gasteiger partial charge in [0.15, 0.2) is 6.10 Å². The molecule has 2 unspecified atom stereocenters. The third kappa shape index (κ3) is 52.9. The van der Waals surface area contributed by atoms with E-state index in [0.717, 1.165) is 70.6 Å². The van der Waals surface area contributed by atoms with Crippen LogP contribution in [-0.2, 0) is 32.7 Å². The number of hydrogen-bond donors (Lipinski definition) is 0. The number of carbonyl (C=O) groups is 2. The summed E-state index contributed by atoms with van der Waals surface area (Å²) >= 11 is 0. The molecule has 0 N–H and O–H groups in total. The fraction of sp³-hybridized carbons (Fsp3) is 0.789. The van der Waals surface area contributed by atoms with Crippen LogP contribution in [0.25, 0.3) is 0 Å². The maximum atomic E-state index is 12.7. The van der Waals surface area contributed by atoms with Crippen LogP contribution in [0.1, 0.15) is 239 Å². The Morgan fingerprint density at radius 3 is 1.27 bits per heavy atom. The van der Waals surface area contributed by atoms with Crippen LogP contribution in [0.3, 0.4) is 0 Å². The highest BCUT2D eigenvalue weighted by molar-refractivity contribution is 7.45. The number of quaternary nitrogens is 1. The highest BCUT2D eigenvalue weighted by atomic mass is 31.2. The monoisotopic (exact) mass is 962 g/mol. The zero-order chi connectivity index (χ0) is 49.2. The number of rotatable bonds is 50. The lowest BCUT2D eigenvalue weighted by Crippen LogP contribution is -2.37. The van der Waals surface area contributed by atoms with Crippen molar-refractivity contribution in [3.8, 4) is 0 Å². The van der Waals surface area contributed by atoms with Gasteiger partial charge in [-0.15, -0.1) is 0 Å². The van der Waals surface area contributed by atoms with E-state index in [-0.39, 0.29) is 32.0 Å². The summed E-state index contributed by atoms with van der Waals surface area (Å²) < 4.78 is 33.9. The third-order valence-electron chi connectivity index (χ3n) is 11.8. The van der Waals surface area contributed by atoms with E-state index >= 15 is 0 Å². The first kappa shape index (κ1) is 64.7. The second-order valence-corrected chi connectivity index (χ2v) is 21.0. The molecule has 0 rings (SSSR count). The number of unbranched alkanes of at least 4 members (excludes halogenated alkanes) is 26. The summed E-state index contributed by atoms with van der Waals surface area (Å²) in [5.41, 5.74) is 0. The first-order valence-electron chi connectivity index (χ1n) is 27.5. The molecule has 0 spiro atoms. The molecule has 390 valence electrons. The van der Waals surface area contributed by atoms with Crippen molar-refractivity contribution in [2.45, 2.75) is 245 Å². The smallest absolute Gasteiger partial charge is 0.306 e. The van der Waals surface area contributed by atoms with Gasteiger partial charge in [-0.3, -0.25) is 14.2 Å². The Kier molecular flexibility index (Phi) is 47.1. The summed E-state index contributed by atoms with van der Waals surface area (Å²) in [5, 5.41) is 0. The Balaban J connectivity index is 3.91. The molecule has 0 aliphatic rings. The summed E-state index contributed by atoms with van der Waals surface area (Å²) in [6.45, 7) is 4.10. The van der Waals surface area contributed by atoms with Gasteiger partial charge in [0.1, 0.15) is 19.8 Å².